The molecule has 4 aliphatic rings. The molecular weight excluding hydrogens is 364 g/mol. The van der Waals surface area contributed by atoms with Crippen molar-refractivity contribution in [2.75, 3.05) is 0 Å². The summed E-state index contributed by atoms with van der Waals surface area (Å²) in [4.78, 5) is 12.8. The molecule has 1 amide bonds. The maximum absolute atomic E-state index is 13.6. The summed E-state index contributed by atoms with van der Waals surface area (Å²) in [5.74, 6) is 0.610. The monoisotopic (exact) mass is 387 g/mol. The average Bonchev–Trinajstić information content (AvgIpc) is 3.08. The number of aromatic nitrogens is 2. The van der Waals surface area contributed by atoms with E-state index in [9.17, 15) is 13.6 Å². The lowest BCUT2D eigenvalue weighted by molar-refractivity contribution is -0.0168. The molecule has 1 aromatic heterocycles. The molecule has 7 heteroatoms. The SMILES string of the molecule is O=C(NC12CC3CC(CC(C3)C1)C2)c1ccn(COc2ccc(F)cc2F)n1. The number of benzene rings is 1. The van der Waals surface area contributed by atoms with E-state index < -0.39 is 11.6 Å². The molecule has 4 saturated carbocycles. The van der Waals surface area contributed by atoms with Crippen molar-refractivity contribution >= 4 is 5.91 Å². The van der Waals surface area contributed by atoms with Crippen LogP contribution in [0.25, 0.3) is 0 Å². The third-order valence-corrected chi connectivity index (χ3v) is 6.54. The van der Waals surface area contributed by atoms with Crippen LogP contribution in [0.3, 0.4) is 0 Å². The predicted octanol–water partition coefficient (Wildman–Crippen LogP) is 3.90. The number of carbonyl (C=O) groups excluding carboxylic acids is 1. The van der Waals surface area contributed by atoms with Crippen LogP contribution < -0.4 is 10.1 Å². The summed E-state index contributed by atoms with van der Waals surface area (Å²) in [5.41, 5.74) is 0.266. The summed E-state index contributed by atoms with van der Waals surface area (Å²) in [6, 6.07) is 4.77. The first kappa shape index (κ1) is 17.6. The lowest BCUT2D eigenvalue weighted by Gasteiger charge is -2.56. The van der Waals surface area contributed by atoms with Crippen molar-refractivity contribution in [1.82, 2.24) is 15.1 Å². The Labute approximate surface area is 162 Å². The summed E-state index contributed by atoms with van der Waals surface area (Å²) in [7, 11) is 0. The van der Waals surface area contributed by atoms with E-state index in [0.29, 0.717) is 5.69 Å². The molecule has 0 saturated heterocycles. The molecule has 148 valence electrons. The molecule has 6 rings (SSSR count). The minimum absolute atomic E-state index is 0.0588. The van der Waals surface area contributed by atoms with E-state index in [1.165, 1.54) is 30.0 Å². The zero-order valence-electron chi connectivity index (χ0n) is 15.5. The zero-order chi connectivity index (χ0) is 19.3. The Morgan fingerprint density at radius 2 is 1.82 bits per heavy atom. The largest absolute Gasteiger partial charge is 0.468 e. The van der Waals surface area contributed by atoms with Gasteiger partial charge in [-0.25, -0.2) is 13.5 Å². The molecule has 4 aliphatic carbocycles. The lowest BCUT2D eigenvalue weighted by Crippen LogP contribution is -2.59. The van der Waals surface area contributed by atoms with Crippen LogP contribution >= 0.6 is 0 Å². The first-order valence-electron chi connectivity index (χ1n) is 9.92. The minimum Gasteiger partial charge on any atom is -0.468 e. The Balaban J connectivity index is 1.23. The first-order chi connectivity index (χ1) is 13.5. The van der Waals surface area contributed by atoms with Gasteiger partial charge in [0.2, 0.25) is 0 Å². The first-order valence-corrected chi connectivity index (χ1v) is 9.92. The topological polar surface area (TPSA) is 56.2 Å². The number of hydrogen-bond donors (Lipinski definition) is 1. The molecule has 0 atom stereocenters. The molecule has 28 heavy (non-hydrogen) atoms. The maximum atomic E-state index is 13.6. The molecule has 1 heterocycles. The van der Waals surface area contributed by atoms with Gasteiger partial charge in [0.25, 0.3) is 5.91 Å². The second-order valence-corrected chi connectivity index (χ2v) is 8.74. The van der Waals surface area contributed by atoms with E-state index in [1.54, 1.807) is 12.3 Å². The number of nitrogens with zero attached hydrogens (tertiary/aromatic N) is 2. The number of carbonyl (C=O) groups is 1. The van der Waals surface area contributed by atoms with Gasteiger partial charge < -0.3 is 10.1 Å². The fraction of sp³-hybridized carbons (Fsp3) is 0.524. The summed E-state index contributed by atoms with van der Waals surface area (Å²) in [5, 5.41) is 7.54. The van der Waals surface area contributed by atoms with E-state index in [2.05, 4.69) is 10.4 Å². The van der Waals surface area contributed by atoms with Gasteiger partial charge in [-0.05, 0) is 74.5 Å². The molecule has 4 bridgehead atoms. The van der Waals surface area contributed by atoms with Crippen LogP contribution in [0, 0.1) is 29.4 Å². The molecule has 0 unspecified atom stereocenters. The molecule has 5 nitrogen and oxygen atoms in total. The van der Waals surface area contributed by atoms with Crippen LogP contribution in [-0.2, 0) is 6.73 Å². The van der Waals surface area contributed by atoms with Crippen LogP contribution in [0.15, 0.2) is 30.5 Å². The molecule has 1 N–H and O–H groups in total. The van der Waals surface area contributed by atoms with Crippen LogP contribution in [0.4, 0.5) is 8.78 Å². The highest BCUT2D eigenvalue weighted by molar-refractivity contribution is 5.92. The quantitative estimate of drug-likeness (QED) is 0.847. The Kier molecular flexibility index (Phi) is 4.14. The highest BCUT2D eigenvalue weighted by Crippen LogP contribution is 2.55. The number of nitrogens with one attached hydrogen (secondary N) is 1. The Morgan fingerprint density at radius 1 is 1.14 bits per heavy atom. The van der Waals surface area contributed by atoms with E-state index in [0.717, 1.165) is 49.1 Å². The molecular formula is C21H23F2N3O2. The minimum atomic E-state index is -0.771. The van der Waals surface area contributed by atoms with Gasteiger partial charge in [-0.15, -0.1) is 0 Å². The smallest absolute Gasteiger partial charge is 0.272 e. The third-order valence-electron chi connectivity index (χ3n) is 6.54. The van der Waals surface area contributed by atoms with Crippen molar-refractivity contribution < 1.29 is 18.3 Å². The highest BCUT2D eigenvalue weighted by atomic mass is 19.1. The van der Waals surface area contributed by atoms with Crippen molar-refractivity contribution in [2.24, 2.45) is 17.8 Å². The molecule has 2 aromatic rings. The maximum Gasteiger partial charge on any atom is 0.272 e. The van der Waals surface area contributed by atoms with Crippen LogP contribution in [0.1, 0.15) is 49.0 Å². The van der Waals surface area contributed by atoms with Crippen molar-refractivity contribution in [1.29, 1.82) is 0 Å². The lowest BCUT2D eigenvalue weighted by atomic mass is 9.53. The molecule has 0 spiro atoms. The molecule has 1 aromatic carbocycles. The molecule has 4 fully saturated rings. The van der Waals surface area contributed by atoms with Crippen LogP contribution in [-0.4, -0.2) is 21.2 Å². The third kappa shape index (κ3) is 3.27. The second-order valence-electron chi connectivity index (χ2n) is 8.74. The Bertz CT molecular complexity index is 876. The van der Waals surface area contributed by atoms with Gasteiger partial charge in [-0.3, -0.25) is 4.79 Å². The fourth-order valence-electron chi connectivity index (χ4n) is 5.85. The van der Waals surface area contributed by atoms with E-state index in [4.69, 9.17) is 4.74 Å². The summed E-state index contributed by atoms with van der Waals surface area (Å²) < 4.78 is 33.4. The second kappa shape index (κ2) is 6.57. The van der Waals surface area contributed by atoms with Crippen molar-refractivity contribution in [3.05, 3.63) is 47.8 Å². The molecule has 0 radical (unpaired) electrons. The summed E-state index contributed by atoms with van der Waals surface area (Å²) in [6.07, 6.45) is 8.83. The van der Waals surface area contributed by atoms with Gasteiger partial charge in [0, 0.05) is 17.8 Å². The van der Waals surface area contributed by atoms with E-state index in [-0.39, 0.29) is 23.9 Å². The van der Waals surface area contributed by atoms with Crippen molar-refractivity contribution in [3.8, 4) is 5.75 Å². The number of hydrogen-bond acceptors (Lipinski definition) is 3. The highest BCUT2D eigenvalue weighted by Gasteiger charge is 2.51. The summed E-state index contributed by atoms with van der Waals surface area (Å²) in [6.45, 7) is -0.0623. The zero-order valence-corrected chi connectivity index (χ0v) is 15.5. The number of halogens is 2. The van der Waals surface area contributed by atoms with Crippen molar-refractivity contribution in [2.45, 2.75) is 50.8 Å². The number of ether oxygens (including phenoxy) is 1. The van der Waals surface area contributed by atoms with Gasteiger partial charge in [-0.2, -0.15) is 5.10 Å². The number of amides is 1. The van der Waals surface area contributed by atoms with Crippen molar-refractivity contribution in [3.63, 3.8) is 0 Å². The van der Waals surface area contributed by atoms with Crippen LogP contribution in [0.5, 0.6) is 5.75 Å². The summed E-state index contributed by atoms with van der Waals surface area (Å²) >= 11 is 0. The van der Waals surface area contributed by atoms with E-state index in [1.807, 2.05) is 0 Å². The average molecular weight is 387 g/mol. The molecule has 0 aliphatic heterocycles. The number of rotatable bonds is 5. The van der Waals surface area contributed by atoms with Gasteiger partial charge in [-0.1, -0.05) is 0 Å². The van der Waals surface area contributed by atoms with Gasteiger partial charge in [0.1, 0.15) is 11.5 Å². The standard InChI is InChI=1S/C21H23F2N3O2/c22-16-1-2-19(17(23)8-16)28-12-26-4-3-18(25-26)20(27)24-21-9-13-5-14(10-21)7-15(6-13)11-21/h1-4,8,13-15H,5-7,9-12H2,(H,24,27). The fourth-order valence-corrected chi connectivity index (χ4v) is 5.85. The van der Waals surface area contributed by atoms with E-state index >= 15 is 0 Å². The normalized spacial score (nSPS) is 30.4. The van der Waals surface area contributed by atoms with Gasteiger partial charge >= 0.3 is 0 Å². The Morgan fingerprint density at radius 3 is 2.46 bits per heavy atom. The van der Waals surface area contributed by atoms with Gasteiger partial charge in [0.05, 0.1) is 0 Å². The predicted molar refractivity (Wildman–Crippen MR) is 97.6 cm³/mol. The van der Waals surface area contributed by atoms with Crippen LogP contribution in [0.2, 0.25) is 0 Å². The van der Waals surface area contributed by atoms with Gasteiger partial charge in [0.15, 0.2) is 18.3 Å². The Hall–Kier alpha value is -2.44.